The monoisotopic (exact) mass is 628 g/mol. The van der Waals surface area contributed by atoms with Crippen molar-refractivity contribution in [3.05, 3.63) is 169 Å². The van der Waals surface area contributed by atoms with Gasteiger partial charge in [0.05, 0.1) is 0 Å². The van der Waals surface area contributed by atoms with E-state index in [1.807, 2.05) is 0 Å². The molecule has 0 amide bonds. The van der Waals surface area contributed by atoms with E-state index in [-0.39, 0.29) is 0 Å². The van der Waals surface area contributed by atoms with Gasteiger partial charge in [0.25, 0.3) is 0 Å². The molecule has 1 aliphatic heterocycles. The quantitative estimate of drug-likeness (QED) is 0.134. The molecule has 0 saturated carbocycles. The van der Waals surface area contributed by atoms with Crippen LogP contribution in [0.15, 0.2) is 164 Å². The molecule has 0 saturated heterocycles. The van der Waals surface area contributed by atoms with Gasteiger partial charge in [0.2, 0.25) is 0 Å². The highest BCUT2D eigenvalue weighted by Crippen LogP contribution is 2.46. The summed E-state index contributed by atoms with van der Waals surface area (Å²) in [6, 6.07) is 61.1. The fourth-order valence-electron chi connectivity index (χ4n) is 8.17. The maximum absolute atomic E-state index is 2.58. The van der Waals surface area contributed by atoms with Gasteiger partial charge in [-0.1, -0.05) is 171 Å². The van der Waals surface area contributed by atoms with E-state index in [0.29, 0.717) is 0 Å². The van der Waals surface area contributed by atoms with Crippen molar-refractivity contribution in [2.75, 3.05) is 0 Å². The van der Waals surface area contributed by atoms with Gasteiger partial charge in [0.15, 0.2) is 0 Å². The Morgan fingerprint density at radius 1 is 0.333 bits per heavy atom. The van der Waals surface area contributed by atoms with Crippen molar-refractivity contribution in [1.29, 1.82) is 0 Å². The molecule has 0 fully saturated rings. The van der Waals surface area contributed by atoms with Crippen molar-refractivity contribution in [1.82, 2.24) is 0 Å². The molecule has 0 unspecified atom stereocenters. The standard InChI is InChI=1S/C47H36Si/c1-31-13-7-8-16-37(31)34-23-27-36(28-24-34)47-40-19-10-9-18-39(40)46(35-25-21-33(22-26-35)32-14-5-4-6-15-32)42-29-41-38-17-11-12-20-44(38)48(2,3)45(41)30-43(42)47/h4-30H,1-3H3. The van der Waals surface area contributed by atoms with E-state index in [9.17, 15) is 0 Å². The highest BCUT2D eigenvalue weighted by molar-refractivity contribution is 7.04. The summed E-state index contributed by atoms with van der Waals surface area (Å²) in [5.41, 5.74) is 14.3. The largest absolute Gasteiger partial charge is 0.113 e. The van der Waals surface area contributed by atoms with E-state index in [0.717, 1.165) is 0 Å². The molecule has 1 heterocycles. The zero-order chi connectivity index (χ0) is 32.4. The molecular formula is C47H36Si. The molecule has 48 heavy (non-hydrogen) atoms. The molecule has 228 valence electrons. The molecule has 0 aromatic heterocycles. The van der Waals surface area contributed by atoms with Gasteiger partial charge in [-0.05, 0) is 106 Å². The van der Waals surface area contributed by atoms with Crippen LogP contribution in [0.1, 0.15) is 5.56 Å². The Morgan fingerprint density at radius 2 is 0.812 bits per heavy atom. The van der Waals surface area contributed by atoms with Gasteiger partial charge in [0, 0.05) is 0 Å². The number of aryl methyl sites for hydroxylation is 1. The van der Waals surface area contributed by atoms with Crippen molar-refractivity contribution < 1.29 is 0 Å². The third-order valence-electron chi connectivity index (χ3n) is 10.6. The zero-order valence-corrected chi connectivity index (χ0v) is 28.6. The lowest BCUT2D eigenvalue weighted by molar-refractivity contribution is 1.46. The zero-order valence-electron chi connectivity index (χ0n) is 27.6. The molecule has 9 rings (SSSR count). The maximum atomic E-state index is 2.58. The highest BCUT2D eigenvalue weighted by atomic mass is 28.3. The van der Waals surface area contributed by atoms with Crippen LogP contribution in [0, 0.1) is 6.92 Å². The number of rotatable bonds is 4. The average molecular weight is 629 g/mol. The minimum absolute atomic E-state index is 1.24. The first-order valence-corrected chi connectivity index (χ1v) is 19.9. The first-order valence-electron chi connectivity index (χ1n) is 16.9. The van der Waals surface area contributed by atoms with E-state index in [1.54, 1.807) is 0 Å². The fraction of sp³-hybridized carbons (Fsp3) is 0.0638. The Hall–Kier alpha value is -5.50. The lowest BCUT2D eigenvalue weighted by atomic mass is 9.84. The van der Waals surface area contributed by atoms with Crippen molar-refractivity contribution in [3.8, 4) is 55.6 Å². The topological polar surface area (TPSA) is 0 Å². The average Bonchev–Trinajstić information content (AvgIpc) is 3.36. The maximum Gasteiger partial charge on any atom is 0.113 e. The molecule has 0 N–H and O–H groups in total. The van der Waals surface area contributed by atoms with E-state index in [4.69, 9.17) is 0 Å². The molecule has 1 heteroatoms. The molecule has 0 bridgehead atoms. The summed E-state index contributed by atoms with van der Waals surface area (Å²) in [7, 11) is -1.89. The molecule has 0 atom stereocenters. The smallest absolute Gasteiger partial charge is 0.0623 e. The normalized spacial score (nSPS) is 13.1. The van der Waals surface area contributed by atoms with Crippen LogP contribution in [-0.2, 0) is 0 Å². The van der Waals surface area contributed by atoms with E-state index in [1.165, 1.54) is 93.1 Å². The molecule has 0 radical (unpaired) electrons. The number of hydrogen-bond acceptors (Lipinski definition) is 0. The summed E-state index contributed by atoms with van der Waals surface area (Å²) < 4.78 is 0. The van der Waals surface area contributed by atoms with Crippen LogP contribution in [0.25, 0.3) is 77.2 Å². The Bertz CT molecular complexity index is 2500. The summed E-state index contributed by atoms with van der Waals surface area (Å²) in [6.07, 6.45) is 0. The van der Waals surface area contributed by atoms with Gasteiger partial charge in [-0.25, -0.2) is 0 Å². The van der Waals surface area contributed by atoms with Crippen LogP contribution < -0.4 is 10.4 Å². The molecule has 0 aliphatic carbocycles. The SMILES string of the molecule is Cc1ccccc1-c1ccc(-c2c3ccccc3c(-c3ccc(-c4ccccc4)cc3)c3cc4c(cc23)[Si](C)(C)c2ccccc2-4)cc1. The van der Waals surface area contributed by atoms with Crippen LogP contribution in [0.5, 0.6) is 0 Å². The predicted molar refractivity (Wildman–Crippen MR) is 210 cm³/mol. The third kappa shape index (κ3) is 4.42. The lowest BCUT2D eigenvalue weighted by Gasteiger charge is -2.22. The van der Waals surface area contributed by atoms with Crippen molar-refractivity contribution >= 4 is 40.0 Å². The van der Waals surface area contributed by atoms with Crippen LogP contribution in [-0.4, -0.2) is 8.07 Å². The second kappa shape index (κ2) is 11.0. The molecule has 0 spiro atoms. The van der Waals surface area contributed by atoms with Crippen molar-refractivity contribution in [2.45, 2.75) is 20.0 Å². The summed E-state index contributed by atoms with van der Waals surface area (Å²) in [6.45, 7) is 7.23. The van der Waals surface area contributed by atoms with Gasteiger partial charge >= 0.3 is 0 Å². The van der Waals surface area contributed by atoms with Crippen LogP contribution in [0.4, 0.5) is 0 Å². The third-order valence-corrected chi connectivity index (χ3v) is 14.2. The number of hydrogen-bond donors (Lipinski definition) is 0. The predicted octanol–water partition coefficient (Wildman–Crippen LogP) is 11.8. The second-order valence-electron chi connectivity index (χ2n) is 13.7. The molecule has 8 aromatic carbocycles. The molecule has 1 aliphatic rings. The minimum Gasteiger partial charge on any atom is -0.0623 e. The highest BCUT2D eigenvalue weighted by Gasteiger charge is 2.38. The first kappa shape index (κ1) is 28.7. The van der Waals surface area contributed by atoms with Gasteiger partial charge < -0.3 is 0 Å². The van der Waals surface area contributed by atoms with Gasteiger partial charge in [0.1, 0.15) is 8.07 Å². The van der Waals surface area contributed by atoms with Gasteiger partial charge in [-0.3, -0.25) is 0 Å². The molecule has 8 aromatic rings. The lowest BCUT2D eigenvalue weighted by Crippen LogP contribution is -2.49. The first-order chi connectivity index (χ1) is 23.5. The van der Waals surface area contributed by atoms with Gasteiger partial charge in [-0.2, -0.15) is 0 Å². The van der Waals surface area contributed by atoms with E-state index >= 15 is 0 Å². The van der Waals surface area contributed by atoms with Crippen LogP contribution in [0.3, 0.4) is 0 Å². The Kier molecular flexibility index (Phi) is 6.60. The van der Waals surface area contributed by atoms with E-state index in [2.05, 4.69) is 184 Å². The van der Waals surface area contributed by atoms with E-state index < -0.39 is 8.07 Å². The van der Waals surface area contributed by atoms with Crippen molar-refractivity contribution in [3.63, 3.8) is 0 Å². The summed E-state index contributed by atoms with van der Waals surface area (Å²) in [5.74, 6) is 0. The fourth-order valence-corrected chi connectivity index (χ4v) is 11.2. The summed E-state index contributed by atoms with van der Waals surface area (Å²) in [4.78, 5) is 0. The summed E-state index contributed by atoms with van der Waals surface area (Å²) >= 11 is 0. The number of benzene rings is 8. The second-order valence-corrected chi connectivity index (χ2v) is 18.1. The Morgan fingerprint density at radius 3 is 1.46 bits per heavy atom. The molecule has 0 nitrogen and oxygen atoms in total. The molecular weight excluding hydrogens is 593 g/mol. The summed E-state index contributed by atoms with van der Waals surface area (Å²) in [5, 5.41) is 8.32. The Balaban J connectivity index is 1.34. The Labute approximate surface area is 284 Å². The number of fused-ring (bicyclic) bond motifs is 5. The van der Waals surface area contributed by atoms with Crippen LogP contribution in [0.2, 0.25) is 13.1 Å². The van der Waals surface area contributed by atoms with Crippen molar-refractivity contribution in [2.24, 2.45) is 0 Å². The van der Waals surface area contributed by atoms with Gasteiger partial charge in [-0.15, -0.1) is 0 Å². The minimum atomic E-state index is -1.89. The van der Waals surface area contributed by atoms with Crippen LogP contribution >= 0.6 is 0 Å².